The number of aryl methyl sites for hydroxylation is 1. The summed E-state index contributed by atoms with van der Waals surface area (Å²) in [5.41, 5.74) is 3.71. The fourth-order valence-corrected chi connectivity index (χ4v) is 3.66. The number of carbonyl (C=O) groups excluding carboxylic acids is 1. The number of hydrogen-bond donors (Lipinski definition) is 1. The van der Waals surface area contributed by atoms with E-state index in [-0.39, 0.29) is 11.2 Å². The molecule has 0 saturated heterocycles. The van der Waals surface area contributed by atoms with E-state index in [9.17, 15) is 4.79 Å². The second kappa shape index (κ2) is 10.4. The fraction of sp³-hybridized carbons (Fsp3) is 0.409. The molecule has 1 amide bonds. The van der Waals surface area contributed by atoms with Crippen molar-refractivity contribution in [3.05, 3.63) is 65.2 Å². The molecule has 0 aliphatic carbocycles. The fourth-order valence-electron chi connectivity index (χ4n) is 2.77. The Labute approximate surface area is 162 Å². The van der Waals surface area contributed by atoms with Crippen LogP contribution in [0, 0.1) is 6.92 Å². The van der Waals surface area contributed by atoms with Crippen LogP contribution in [0.15, 0.2) is 53.4 Å². The van der Waals surface area contributed by atoms with Gasteiger partial charge in [-0.05, 0) is 50.2 Å². The highest BCUT2D eigenvalue weighted by molar-refractivity contribution is 8.00. The summed E-state index contributed by atoms with van der Waals surface area (Å²) in [5, 5.41) is 2.98. The monoisotopic (exact) mass is 370 g/mol. The van der Waals surface area contributed by atoms with E-state index < -0.39 is 0 Å². The summed E-state index contributed by atoms with van der Waals surface area (Å²) >= 11 is 1.60. The van der Waals surface area contributed by atoms with Gasteiger partial charge in [-0.25, -0.2) is 0 Å². The van der Waals surface area contributed by atoms with Crippen LogP contribution in [0.1, 0.15) is 37.5 Å². The molecule has 4 heteroatoms. The van der Waals surface area contributed by atoms with Gasteiger partial charge in [0.25, 0.3) is 0 Å². The molecule has 2 rings (SSSR count). The van der Waals surface area contributed by atoms with E-state index in [1.165, 1.54) is 16.7 Å². The third-order valence-corrected chi connectivity index (χ3v) is 5.67. The summed E-state index contributed by atoms with van der Waals surface area (Å²) in [5.74, 6) is 0.0771. The first-order valence-electron chi connectivity index (χ1n) is 9.33. The highest BCUT2D eigenvalue weighted by Crippen LogP contribution is 2.23. The molecule has 0 spiro atoms. The zero-order chi connectivity index (χ0) is 18.9. The van der Waals surface area contributed by atoms with Gasteiger partial charge in [-0.2, -0.15) is 0 Å². The van der Waals surface area contributed by atoms with Gasteiger partial charge in [-0.1, -0.05) is 55.8 Å². The van der Waals surface area contributed by atoms with Crippen molar-refractivity contribution in [2.24, 2.45) is 0 Å². The third-order valence-electron chi connectivity index (χ3n) is 4.56. The number of hydrogen-bond acceptors (Lipinski definition) is 3. The Morgan fingerprint density at radius 3 is 2.27 bits per heavy atom. The lowest BCUT2D eigenvalue weighted by molar-refractivity contribution is -0.120. The Morgan fingerprint density at radius 2 is 1.65 bits per heavy atom. The lowest BCUT2D eigenvalue weighted by Crippen LogP contribution is -2.31. The Kier molecular flexibility index (Phi) is 8.20. The van der Waals surface area contributed by atoms with Gasteiger partial charge in [0.1, 0.15) is 0 Å². The number of carbonyl (C=O) groups is 1. The normalized spacial score (nSPS) is 12.2. The average Bonchev–Trinajstić information content (AvgIpc) is 2.66. The van der Waals surface area contributed by atoms with Crippen molar-refractivity contribution in [3.8, 4) is 0 Å². The first kappa shape index (κ1) is 20.5. The van der Waals surface area contributed by atoms with Crippen LogP contribution in [0.3, 0.4) is 0 Å². The lowest BCUT2D eigenvalue weighted by atomic mass is 10.1. The minimum Gasteiger partial charge on any atom is -0.351 e. The van der Waals surface area contributed by atoms with Crippen LogP contribution >= 0.6 is 11.8 Å². The zero-order valence-corrected chi connectivity index (χ0v) is 17.1. The summed E-state index contributed by atoms with van der Waals surface area (Å²) in [6, 6.07) is 16.7. The van der Waals surface area contributed by atoms with Crippen molar-refractivity contribution in [2.75, 3.05) is 13.1 Å². The lowest BCUT2D eigenvalue weighted by Gasteiger charge is -2.20. The minimum atomic E-state index is -0.118. The predicted molar refractivity (Wildman–Crippen MR) is 111 cm³/mol. The van der Waals surface area contributed by atoms with E-state index in [0.29, 0.717) is 6.54 Å². The molecule has 1 N–H and O–H groups in total. The van der Waals surface area contributed by atoms with E-state index in [0.717, 1.165) is 24.5 Å². The molecule has 0 aliphatic rings. The van der Waals surface area contributed by atoms with Gasteiger partial charge < -0.3 is 5.32 Å². The molecular formula is C22H30N2OS. The van der Waals surface area contributed by atoms with Crippen LogP contribution < -0.4 is 5.32 Å². The molecule has 1 atom stereocenters. The molecule has 0 radical (unpaired) electrons. The van der Waals surface area contributed by atoms with E-state index in [1.807, 2.05) is 13.0 Å². The Morgan fingerprint density at radius 1 is 1.04 bits per heavy atom. The molecule has 2 aromatic rings. The quantitative estimate of drug-likeness (QED) is 0.653. The van der Waals surface area contributed by atoms with Crippen molar-refractivity contribution in [2.45, 2.75) is 50.9 Å². The van der Waals surface area contributed by atoms with Gasteiger partial charge in [0.15, 0.2) is 0 Å². The molecule has 0 aliphatic heterocycles. The van der Waals surface area contributed by atoms with Gasteiger partial charge in [0.05, 0.1) is 5.25 Å². The molecule has 1 unspecified atom stereocenters. The maximum Gasteiger partial charge on any atom is 0.233 e. The van der Waals surface area contributed by atoms with E-state index in [2.05, 4.69) is 73.5 Å². The molecule has 0 heterocycles. The minimum absolute atomic E-state index is 0.0771. The molecule has 140 valence electrons. The third kappa shape index (κ3) is 6.19. The summed E-state index contributed by atoms with van der Waals surface area (Å²) in [6.07, 6.45) is 0. The maximum absolute atomic E-state index is 12.5. The predicted octanol–water partition coefficient (Wildman–Crippen LogP) is 4.63. The second-order valence-corrected chi connectivity index (χ2v) is 7.94. The van der Waals surface area contributed by atoms with Crippen LogP contribution in [0.2, 0.25) is 0 Å². The van der Waals surface area contributed by atoms with Crippen molar-refractivity contribution < 1.29 is 4.79 Å². The van der Waals surface area contributed by atoms with Crippen molar-refractivity contribution in [1.82, 2.24) is 10.2 Å². The largest absolute Gasteiger partial charge is 0.351 e. The number of amides is 1. The molecule has 26 heavy (non-hydrogen) atoms. The molecule has 3 nitrogen and oxygen atoms in total. The number of rotatable bonds is 9. The number of nitrogens with one attached hydrogen (secondary N) is 1. The van der Waals surface area contributed by atoms with Gasteiger partial charge in [-0.15, -0.1) is 11.8 Å². The standard InChI is InChI=1S/C22H30N2OS/c1-5-24(6-2)16-20-10-8-7-9-19(20)15-23-22(25)18(4)26-21-13-11-17(3)12-14-21/h7-14,18H,5-6,15-16H2,1-4H3,(H,23,25). The summed E-state index contributed by atoms with van der Waals surface area (Å²) in [6.45, 7) is 11.9. The number of nitrogens with zero attached hydrogens (tertiary/aromatic N) is 1. The molecule has 0 aromatic heterocycles. The first-order valence-corrected chi connectivity index (χ1v) is 10.2. The van der Waals surface area contributed by atoms with Gasteiger partial charge >= 0.3 is 0 Å². The molecule has 0 fully saturated rings. The molecule has 0 saturated carbocycles. The van der Waals surface area contributed by atoms with E-state index >= 15 is 0 Å². The SMILES string of the molecule is CCN(CC)Cc1ccccc1CNC(=O)C(C)Sc1ccc(C)cc1. The van der Waals surface area contributed by atoms with Crippen molar-refractivity contribution in [3.63, 3.8) is 0 Å². The van der Waals surface area contributed by atoms with Crippen molar-refractivity contribution in [1.29, 1.82) is 0 Å². The second-order valence-electron chi connectivity index (χ2n) is 6.52. The van der Waals surface area contributed by atoms with Gasteiger partial charge in [0, 0.05) is 18.0 Å². The molecule has 0 bridgehead atoms. The molecule has 2 aromatic carbocycles. The summed E-state index contributed by atoms with van der Waals surface area (Å²) < 4.78 is 0. The van der Waals surface area contributed by atoms with E-state index in [4.69, 9.17) is 0 Å². The Balaban J connectivity index is 1.93. The van der Waals surface area contributed by atoms with Crippen LogP contribution in [0.5, 0.6) is 0 Å². The Hall–Kier alpha value is -1.78. The summed E-state index contributed by atoms with van der Waals surface area (Å²) in [4.78, 5) is 16.0. The van der Waals surface area contributed by atoms with Crippen LogP contribution in [-0.4, -0.2) is 29.1 Å². The maximum atomic E-state index is 12.5. The summed E-state index contributed by atoms with van der Waals surface area (Å²) in [7, 11) is 0. The van der Waals surface area contributed by atoms with Gasteiger partial charge in [-0.3, -0.25) is 9.69 Å². The Bertz CT molecular complexity index is 696. The zero-order valence-electron chi connectivity index (χ0n) is 16.3. The highest BCUT2D eigenvalue weighted by Gasteiger charge is 2.15. The van der Waals surface area contributed by atoms with Crippen LogP contribution in [-0.2, 0) is 17.9 Å². The number of thioether (sulfide) groups is 1. The van der Waals surface area contributed by atoms with Gasteiger partial charge in [0.2, 0.25) is 5.91 Å². The van der Waals surface area contributed by atoms with E-state index in [1.54, 1.807) is 11.8 Å². The smallest absolute Gasteiger partial charge is 0.233 e. The van der Waals surface area contributed by atoms with Crippen molar-refractivity contribution >= 4 is 17.7 Å². The van der Waals surface area contributed by atoms with Crippen LogP contribution in [0.25, 0.3) is 0 Å². The number of benzene rings is 2. The molecular weight excluding hydrogens is 340 g/mol. The topological polar surface area (TPSA) is 32.3 Å². The first-order chi connectivity index (χ1) is 12.5. The average molecular weight is 371 g/mol. The highest BCUT2D eigenvalue weighted by atomic mass is 32.2. The van der Waals surface area contributed by atoms with Crippen LogP contribution in [0.4, 0.5) is 0 Å².